The van der Waals surface area contributed by atoms with Crippen molar-refractivity contribution in [3.8, 4) is 0 Å². The molecule has 112 valence electrons. The zero-order chi connectivity index (χ0) is 15.0. The van der Waals surface area contributed by atoms with Crippen LogP contribution < -0.4 is 4.72 Å². The lowest BCUT2D eigenvalue weighted by atomic mass is 9.94. The maximum Gasteiger partial charge on any atom is 0.241 e. The van der Waals surface area contributed by atoms with Crippen LogP contribution in [-0.2, 0) is 16.4 Å². The Morgan fingerprint density at radius 3 is 2.62 bits per heavy atom. The highest BCUT2D eigenvalue weighted by Crippen LogP contribution is 2.31. The van der Waals surface area contributed by atoms with Gasteiger partial charge in [-0.2, -0.15) is 0 Å². The minimum atomic E-state index is -4.00. The monoisotopic (exact) mass is 313 g/mol. The molecule has 4 nitrogen and oxygen atoms in total. The van der Waals surface area contributed by atoms with Crippen LogP contribution in [0.25, 0.3) is 0 Å². The predicted octanol–water partition coefficient (Wildman–Crippen LogP) is 2.91. The molecule has 0 spiro atoms. The smallest absolute Gasteiger partial charge is 0.241 e. The number of fused-ring (bicyclic) bond motifs is 1. The SMILES string of the molecule is O=S(=O)(NC1CCCc2occc21)c1cc(F)cc(F)c1. The van der Waals surface area contributed by atoms with Crippen LogP contribution in [0.2, 0.25) is 0 Å². The van der Waals surface area contributed by atoms with Gasteiger partial charge in [0.05, 0.1) is 17.2 Å². The van der Waals surface area contributed by atoms with E-state index in [1.54, 1.807) is 6.07 Å². The Balaban J connectivity index is 1.91. The zero-order valence-electron chi connectivity index (χ0n) is 11.0. The predicted molar refractivity (Wildman–Crippen MR) is 71.1 cm³/mol. The van der Waals surface area contributed by atoms with Crippen molar-refractivity contribution in [2.75, 3.05) is 0 Å². The number of rotatable bonds is 3. The first-order valence-electron chi connectivity index (χ1n) is 6.50. The highest BCUT2D eigenvalue weighted by Gasteiger charge is 2.28. The van der Waals surface area contributed by atoms with Gasteiger partial charge in [0.15, 0.2) is 0 Å². The molecule has 0 saturated carbocycles. The second kappa shape index (κ2) is 5.23. The molecule has 1 aliphatic carbocycles. The fourth-order valence-electron chi connectivity index (χ4n) is 2.55. The number of hydrogen-bond donors (Lipinski definition) is 1. The molecule has 1 N–H and O–H groups in total. The van der Waals surface area contributed by atoms with Crippen molar-refractivity contribution in [1.29, 1.82) is 0 Å². The average molecular weight is 313 g/mol. The molecule has 0 radical (unpaired) electrons. The van der Waals surface area contributed by atoms with Crippen molar-refractivity contribution in [3.05, 3.63) is 53.5 Å². The standard InChI is InChI=1S/C14H13F2NO3S/c15-9-6-10(16)8-11(7-9)21(18,19)17-13-2-1-3-14-12(13)4-5-20-14/h4-8,13,17H,1-3H2. The summed E-state index contributed by atoms with van der Waals surface area (Å²) < 4.78 is 58.7. The number of aryl methyl sites for hydroxylation is 1. The van der Waals surface area contributed by atoms with Crippen LogP contribution in [0.1, 0.15) is 30.2 Å². The molecule has 2 aromatic rings. The van der Waals surface area contributed by atoms with Gasteiger partial charge >= 0.3 is 0 Å². The van der Waals surface area contributed by atoms with Crippen LogP contribution in [0.15, 0.2) is 39.8 Å². The van der Waals surface area contributed by atoms with Gasteiger partial charge in [0.25, 0.3) is 0 Å². The lowest BCUT2D eigenvalue weighted by molar-refractivity contribution is 0.438. The van der Waals surface area contributed by atoms with Crippen LogP contribution in [-0.4, -0.2) is 8.42 Å². The quantitative estimate of drug-likeness (QED) is 0.948. The van der Waals surface area contributed by atoms with Crippen LogP contribution in [0.5, 0.6) is 0 Å². The van der Waals surface area contributed by atoms with Gasteiger partial charge in [-0.3, -0.25) is 0 Å². The Morgan fingerprint density at radius 2 is 1.90 bits per heavy atom. The van der Waals surface area contributed by atoms with Gasteiger partial charge in [0, 0.05) is 18.1 Å². The van der Waals surface area contributed by atoms with Gasteiger partial charge in [-0.05, 0) is 31.0 Å². The van der Waals surface area contributed by atoms with Crippen LogP contribution in [0.4, 0.5) is 8.78 Å². The summed E-state index contributed by atoms with van der Waals surface area (Å²) in [6.45, 7) is 0. The minimum Gasteiger partial charge on any atom is -0.469 e. The number of furan rings is 1. The molecule has 0 bridgehead atoms. The molecule has 21 heavy (non-hydrogen) atoms. The molecule has 1 unspecified atom stereocenters. The third-order valence-corrected chi connectivity index (χ3v) is 4.95. The molecule has 0 saturated heterocycles. The highest BCUT2D eigenvalue weighted by atomic mass is 32.2. The van der Waals surface area contributed by atoms with E-state index in [9.17, 15) is 17.2 Å². The molecule has 1 atom stereocenters. The highest BCUT2D eigenvalue weighted by molar-refractivity contribution is 7.89. The summed E-state index contributed by atoms with van der Waals surface area (Å²) in [5.41, 5.74) is 0.779. The molecule has 7 heteroatoms. The summed E-state index contributed by atoms with van der Waals surface area (Å²) in [7, 11) is -4.00. The van der Waals surface area contributed by atoms with Crippen LogP contribution in [0, 0.1) is 11.6 Å². The van der Waals surface area contributed by atoms with Gasteiger partial charge < -0.3 is 4.42 Å². The minimum absolute atomic E-state index is 0.421. The lowest BCUT2D eigenvalue weighted by Crippen LogP contribution is -2.30. The van der Waals surface area contributed by atoms with Gasteiger partial charge in [0.1, 0.15) is 17.4 Å². The summed E-state index contributed by atoms with van der Waals surface area (Å²) in [5, 5.41) is 0. The second-order valence-corrected chi connectivity index (χ2v) is 6.68. The lowest BCUT2D eigenvalue weighted by Gasteiger charge is -2.22. The van der Waals surface area contributed by atoms with E-state index < -0.39 is 32.6 Å². The number of sulfonamides is 1. The normalized spacial score (nSPS) is 18.5. The first-order valence-corrected chi connectivity index (χ1v) is 7.99. The fraction of sp³-hybridized carbons (Fsp3) is 0.286. The summed E-state index contributed by atoms with van der Waals surface area (Å²) in [6, 6.07) is 3.50. The third-order valence-electron chi connectivity index (χ3n) is 3.50. The van der Waals surface area contributed by atoms with E-state index in [2.05, 4.69) is 4.72 Å². The summed E-state index contributed by atoms with van der Waals surface area (Å²) in [6.07, 6.45) is 3.67. The third kappa shape index (κ3) is 2.84. The maximum atomic E-state index is 13.2. The van der Waals surface area contributed by atoms with Gasteiger partial charge in [-0.15, -0.1) is 0 Å². The Morgan fingerprint density at radius 1 is 1.19 bits per heavy atom. The molecule has 0 aliphatic heterocycles. The van der Waals surface area contributed by atoms with Crippen molar-refractivity contribution in [1.82, 2.24) is 4.72 Å². The Labute approximate surface area is 120 Å². The topological polar surface area (TPSA) is 59.3 Å². The van der Waals surface area contributed by atoms with E-state index in [1.165, 1.54) is 6.26 Å². The molecular formula is C14H13F2NO3S. The Kier molecular flexibility index (Phi) is 3.54. The van der Waals surface area contributed by atoms with E-state index in [-0.39, 0.29) is 0 Å². The number of benzene rings is 1. The van der Waals surface area contributed by atoms with E-state index in [4.69, 9.17) is 4.42 Å². The molecular weight excluding hydrogens is 300 g/mol. The molecule has 1 aromatic carbocycles. The van der Waals surface area contributed by atoms with Gasteiger partial charge in [0.2, 0.25) is 10.0 Å². The van der Waals surface area contributed by atoms with Crippen molar-refractivity contribution >= 4 is 10.0 Å². The van der Waals surface area contributed by atoms with Crippen LogP contribution >= 0.6 is 0 Å². The molecule has 1 aromatic heterocycles. The van der Waals surface area contributed by atoms with Crippen molar-refractivity contribution in [2.24, 2.45) is 0 Å². The Bertz CT molecular complexity index is 750. The first-order chi connectivity index (χ1) is 9.95. The molecule has 3 rings (SSSR count). The average Bonchev–Trinajstić information content (AvgIpc) is 2.86. The van der Waals surface area contributed by atoms with E-state index in [0.717, 1.165) is 36.3 Å². The summed E-state index contributed by atoms with van der Waals surface area (Å²) in [4.78, 5) is -0.421. The zero-order valence-corrected chi connectivity index (χ0v) is 11.8. The van der Waals surface area contributed by atoms with E-state index in [0.29, 0.717) is 12.5 Å². The van der Waals surface area contributed by atoms with Crippen molar-refractivity contribution in [3.63, 3.8) is 0 Å². The van der Waals surface area contributed by atoms with E-state index >= 15 is 0 Å². The van der Waals surface area contributed by atoms with Crippen molar-refractivity contribution in [2.45, 2.75) is 30.2 Å². The second-order valence-electron chi connectivity index (χ2n) is 4.97. The largest absolute Gasteiger partial charge is 0.469 e. The maximum absolute atomic E-state index is 13.2. The number of hydrogen-bond acceptors (Lipinski definition) is 3. The molecule has 0 amide bonds. The fourth-order valence-corrected chi connectivity index (χ4v) is 3.84. The number of halogens is 2. The van der Waals surface area contributed by atoms with E-state index in [1.807, 2.05) is 0 Å². The molecule has 0 fully saturated rings. The van der Waals surface area contributed by atoms with Gasteiger partial charge in [-0.1, -0.05) is 0 Å². The molecule has 1 heterocycles. The summed E-state index contributed by atoms with van der Waals surface area (Å²) in [5.74, 6) is -1.11. The Hall–Kier alpha value is -1.73. The van der Waals surface area contributed by atoms with Gasteiger partial charge in [-0.25, -0.2) is 21.9 Å². The van der Waals surface area contributed by atoms with Crippen LogP contribution in [0.3, 0.4) is 0 Å². The number of nitrogens with one attached hydrogen (secondary N) is 1. The molecule has 1 aliphatic rings. The summed E-state index contributed by atoms with van der Waals surface area (Å²) >= 11 is 0. The first kappa shape index (κ1) is 14.2. The van der Waals surface area contributed by atoms with Crippen molar-refractivity contribution < 1.29 is 21.6 Å².